The van der Waals surface area contributed by atoms with Gasteiger partial charge in [-0.05, 0) is 37.5 Å². The van der Waals surface area contributed by atoms with Crippen LogP contribution in [0.3, 0.4) is 0 Å². The third kappa shape index (κ3) is 9.76. The number of halogens is 2. The van der Waals surface area contributed by atoms with Gasteiger partial charge < -0.3 is 15.4 Å². The number of unbranched alkanes of at least 4 members (excludes halogenated alkanes) is 1. The highest BCUT2D eigenvalue weighted by Gasteiger charge is 2.00. The van der Waals surface area contributed by atoms with E-state index in [0.29, 0.717) is 18.7 Å². The van der Waals surface area contributed by atoms with Crippen molar-refractivity contribution in [3.05, 3.63) is 35.1 Å². The van der Waals surface area contributed by atoms with Crippen LogP contribution in [0.5, 0.6) is 0 Å². The Bertz CT molecular complexity index is 469. The Balaban J connectivity index is 0.00000484. The first-order valence-corrected chi connectivity index (χ1v) is 8.02. The zero-order valence-corrected chi connectivity index (χ0v) is 16.7. The largest absolute Gasteiger partial charge is 0.380 e. The van der Waals surface area contributed by atoms with Crippen molar-refractivity contribution in [3.8, 4) is 0 Å². The van der Waals surface area contributed by atoms with Crippen LogP contribution in [-0.2, 0) is 11.3 Å². The van der Waals surface area contributed by atoms with Crippen LogP contribution in [0.1, 0.15) is 37.8 Å². The molecule has 0 atom stereocenters. The zero-order chi connectivity index (χ0) is 16.2. The number of guanidine groups is 1. The maximum atomic E-state index is 13.2. The summed E-state index contributed by atoms with van der Waals surface area (Å²) in [6.45, 7) is 9.45. The summed E-state index contributed by atoms with van der Waals surface area (Å²) in [5.41, 5.74) is 1.64. The van der Waals surface area contributed by atoms with E-state index in [9.17, 15) is 4.39 Å². The number of ether oxygens (including phenoxy) is 1. The van der Waals surface area contributed by atoms with Crippen molar-refractivity contribution in [2.24, 2.45) is 4.99 Å². The highest BCUT2D eigenvalue weighted by Crippen LogP contribution is 2.09. The average Bonchev–Trinajstić information content (AvgIpc) is 2.51. The number of aliphatic imine (C=N–C) groups is 1. The lowest BCUT2D eigenvalue weighted by Crippen LogP contribution is -2.39. The molecule has 23 heavy (non-hydrogen) atoms. The van der Waals surface area contributed by atoms with Crippen LogP contribution in [0.15, 0.2) is 23.2 Å². The Morgan fingerprint density at radius 1 is 1.22 bits per heavy atom. The lowest BCUT2D eigenvalue weighted by Gasteiger charge is -2.11. The van der Waals surface area contributed by atoms with E-state index in [0.717, 1.165) is 44.1 Å². The van der Waals surface area contributed by atoms with Gasteiger partial charge in [0.1, 0.15) is 5.82 Å². The molecule has 1 aromatic carbocycles. The number of rotatable bonds is 9. The van der Waals surface area contributed by atoms with Crippen molar-refractivity contribution >= 4 is 29.9 Å². The number of hydrogen-bond acceptors (Lipinski definition) is 2. The number of hydrogen-bond donors (Lipinski definition) is 2. The Hall–Kier alpha value is -0.890. The van der Waals surface area contributed by atoms with Crippen molar-refractivity contribution in [2.45, 2.75) is 40.2 Å². The summed E-state index contributed by atoms with van der Waals surface area (Å²) < 4.78 is 18.7. The van der Waals surface area contributed by atoms with Gasteiger partial charge in [0.2, 0.25) is 0 Å². The summed E-state index contributed by atoms with van der Waals surface area (Å²) in [5.74, 6) is 0.575. The molecule has 132 valence electrons. The summed E-state index contributed by atoms with van der Waals surface area (Å²) in [4.78, 5) is 4.50. The highest BCUT2D eigenvalue weighted by atomic mass is 127. The van der Waals surface area contributed by atoms with Crippen LogP contribution in [0.25, 0.3) is 0 Å². The van der Waals surface area contributed by atoms with Crippen molar-refractivity contribution < 1.29 is 9.13 Å². The predicted octanol–water partition coefficient (Wildman–Crippen LogP) is 3.62. The maximum absolute atomic E-state index is 13.2. The van der Waals surface area contributed by atoms with Gasteiger partial charge in [0, 0.05) is 19.7 Å². The van der Waals surface area contributed by atoms with E-state index in [2.05, 4.69) is 22.5 Å². The van der Waals surface area contributed by atoms with Crippen LogP contribution in [0, 0.1) is 12.7 Å². The lowest BCUT2D eigenvalue weighted by molar-refractivity contribution is 0.136. The fourth-order valence-corrected chi connectivity index (χ4v) is 1.91. The van der Waals surface area contributed by atoms with E-state index in [1.54, 1.807) is 13.0 Å². The van der Waals surface area contributed by atoms with E-state index in [-0.39, 0.29) is 29.8 Å². The quantitative estimate of drug-likeness (QED) is 0.269. The summed E-state index contributed by atoms with van der Waals surface area (Å²) in [7, 11) is 0. The Labute approximate surface area is 156 Å². The first-order chi connectivity index (χ1) is 10.7. The van der Waals surface area contributed by atoms with Gasteiger partial charge in [-0.3, -0.25) is 0 Å². The Kier molecular flexibility index (Phi) is 13.0. The average molecular weight is 437 g/mol. The molecule has 0 saturated carbocycles. The molecule has 0 amide bonds. The van der Waals surface area contributed by atoms with Crippen molar-refractivity contribution in [2.75, 3.05) is 26.3 Å². The molecular formula is C17H29FIN3O. The smallest absolute Gasteiger partial charge is 0.191 e. The summed E-state index contributed by atoms with van der Waals surface area (Å²) in [6.07, 6.45) is 2.24. The monoisotopic (exact) mass is 437 g/mol. The second kappa shape index (κ2) is 13.5. The Morgan fingerprint density at radius 3 is 2.65 bits per heavy atom. The predicted molar refractivity (Wildman–Crippen MR) is 105 cm³/mol. The van der Waals surface area contributed by atoms with Gasteiger partial charge >= 0.3 is 0 Å². The van der Waals surface area contributed by atoms with Gasteiger partial charge in [-0.25, -0.2) is 9.38 Å². The molecular weight excluding hydrogens is 408 g/mol. The second-order valence-electron chi connectivity index (χ2n) is 5.17. The highest BCUT2D eigenvalue weighted by molar-refractivity contribution is 14.0. The number of benzene rings is 1. The molecule has 0 spiro atoms. The standard InChI is InChI=1S/C17H28FN3O.HI/c1-4-6-10-22-11-9-20-17(19-5-2)21-13-15-7-8-16(18)14(3)12-15;/h7-8,12H,4-6,9-11,13H2,1-3H3,(H2,19,20,21);1H. The summed E-state index contributed by atoms with van der Waals surface area (Å²) in [5, 5.41) is 6.42. The topological polar surface area (TPSA) is 45.6 Å². The molecule has 0 aromatic heterocycles. The van der Waals surface area contributed by atoms with Crippen molar-refractivity contribution in [1.82, 2.24) is 10.6 Å². The molecule has 0 aliphatic carbocycles. The normalized spacial score (nSPS) is 11.0. The van der Waals surface area contributed by atoms with Crippen LogP contribution in [-0.4, -0.2) is 32.3 Å². The van der Waals surface area contributed by atoms with Gasteiger partial charge in [0.25, 0.3) is 0 Å². The summed E-state index contributed by atoms with van der Waals surface area (Å²) in [6, 6.07) is 5.08. The molecule has 0 radical (unpaired) electrons. The van der Waals surface area contributed by atoms with Crippen LogP contribution in [0.2, 0.25) is 0 Å². The molecule has 0 bridgehead atoms. The number of nitrogens with one attached hydrogen (secondary N) is 2. The second-order valence-corrected chi connectivity index (χ2v) is 5.17. The van der Waals surface area contributed by atoms with Crippen molar-refractivity contribution in [1.29, 1.82) is 0 Å². The van der Waals surface area contributed by atoms with E-state index in [4.69, 9.17) is 4.74 Å². The molecule has 1 rings (SSSR count). The minimum atomic E-state index is -0.179. The van der Waals surface area contributed by atoms with Gasteiger partial charge in [-0.2, -0.15) is 0 Å². The molecule has 0 saturated heterocycles. The Morgan fingerprint density at radius 2 is 2.00 bits per heavy atom. The fourth-order valence-electron chi connectivity index (χ4n) is 1.91. The van der Waals surface area contributed by atoms with Gasteiger partial charge in [-0.1, -0.05) is 25.5 Å². The third-order valence-electron chi connectivity index (χ3n) is 3.17. The molecule has 1 aromatic rings. The van der Waals surface area contributed by atoms with E-state index >= 15 is 0 Å². The van der Waals surface area contributed by atoms with E-state index in [1.165, 1.54) is 6.07 Å². The molecule has 0 aliphatic heterocycles. The minimum absolute atomic E-state index is 0. The van der Waals surface area contributed by atoms with Crippen LogP contribution >= 0.6 is 24.0 Å². The van der Waals surface area contributed by atoms with Crippen LogP contribution in [0.4, 0.5) is 4.39 Å². The number of nitrogens with zero attached hydrogens (tertiary/aromatic N) is 1. The fraction of sp³-hybridized carbons (Fsp3) is 0.588. The molecule has 0 aliphatic rings. The van der Waals surface area contributed by atoms with E-state index in [1.807, 2.05) is 13.0 Å². The van der Waals surface area contributed by atoms with Crippen LogP contribution < -0.4 is 10.6 Å². The third-order valence-corrected chi connectivity index (χ3v) is 3.17. The number of aryl methyl sites for hydroxylation is 1. The van der Waals surface area contributed by atoms with Gasteiger partial charge in [0.15, 0.2) is 5.96 Å². The summed E-state index contributed by atoms with van der Waals surface area (Å²) >= 11 is 0. The molecule has 0 heterocycles. The molecule has 0 fully saturated rings. The van der Waals surface area contributed by atoms with Crippen molar-refractivity contribution in [3.63, 3.8) is 0 Å². The zero-order valence-electron chi connectivity index (χ0n) is 14.3. The molecule has 6 heteroatoms. The minimum Gasteiger partial charge on any atom is -0.380 e. The maximum Gasteiger partial charge on any atom is 0.191 e. The molecule has 4 nitrogen and oxygen atoms in total. The first-order valence-electron chi connectivity index (χ1n) is 8.02. The van der Waals surface area contributed by atoms with Gasteiger partial charge in [0.05, 0.1) is 13.2 Å². The first kappa shape index (κ1) is 22.1. The van der Waals surface area contributed by atoms with E-state index < -0.39 is 0 Å². The molecule has 2 N–H and O–H groups in total. The lowest BCUT2D eigenvalue weighted by atomic mass is 10.1. The van der Waals surface area contributed by atoms with Gasteiger partial charge in [-0.15, -0.1) is 24.0 Å². The molecule has 0 unspecified atom stereocenters. The SMILES string of the molecule is CCCCOCCNC(=NCc1ccc(F)c(C)c1)NCC.I.